The molecule has 102 valence electrons. The molecule has 1 saturated carbocycles. The monoisotopic (exact) mass is 266 g/mol. The third kappa shape index (κ3) is 3.55. The highest BCUT2D eigenvalue weighted by Crippen LogP contribution is 2.34. The molecule has 3 heteroatoms. The maximum absolute atomic E-state index is 4.35. The van der Waals surface area contributed by atoms with Gasteiger partial charge in [0.15, 0.2) is 0 Å². The average molecular weight is 266 g/mol. The molecule has 0 saturated heterocycles. The first-order valence-electron chi connectivity index (χ1n) is 7.13. The number of nitrogens with zero attached hydrogens (tertiary/aromatic N) is 1. The highest BCUT2D eigenvalue weighted by molar-refractivity contribution is 7.09. The predicted octanol–water partition coefficient (Wildman–Crippen LogP) is 3.80. The minimum atomic E-state index is 0.402. The molecule has 2 rings (SSSR count). The van der Waals surface area contributed by atoms with E-state index in [1.54, 1.807) is 0 Å². The Kier molecular flexibility index (Phi) is 4.44. The zero-order valence-corrected chi connectivity index (χ0v) is 12.9. The summed E-state index contributed by atoms with van der Waals surface area (Å²) < 4.78 is 0. The minimum Gasteiger partial charge on any atom is -0.313 e. The fourth-order valence-electron chi connectivity index (χ4n) is 2.21. The second kappa shape index (κ2) is 5.70. The Hall–Kier alpha value is -0.410. The van der Waals surface area contributed by atoms with E-state index in [2.05, 4.69) is 38.0 Å². The summed E-state index contributed by atoms with van der Waals surface area (Å²) >= 11 is 1.81. The molecule has 1 heterocycles. The maximum Gasteiger partial charge on any atom is 0.0797 e. The Morgan fingerprint density at radius 1 is 1.50 bits per heavy atom. The van der Waals surface area contributed by atoms with Crippen molar-refractivity contribution in [1.82, 2.24) is 10.3 Å². The van der Waals surface area contributed by atoms with Crippen molar-refractivity contribution in [3.8, 4) is 0 Å². The summed E-state index contributed by atoms with van der Waals surface area (Å²) in [7, 11) is 0. The lowest BCUT2D eigenvalue weighted by Gasteiger charge is -2.34. The molecule has 0 radical (unpaired) electrons. The van der Waals surface area contributed by atoms with Crippen LogP contribution >= 0.6 is 11.3 Å². The van der Waals surface area contributed by atoms with Gasteiger partial charge in [0.2, 0.25) is 0 Å². The van der Waals surface area contributed by atoms with Gasteiger partial charge in [0, 0.05) is 17.5 Å². The molecule has 1 unspecified atom stereocenters. The van der Waals surface area contributed by atoms with Crippen LogP contribution in [0.3, 0.4) is 0 Å². The smallest absolute Gasteiger partial charge is 0.0797 e. The van der Waals surface area contributed by atoms with Crippen molar-refractivity contribution in [3.05, 3.63) is 16.1 Å². The lowest BCUT2D eigenvalue weighted by atomic mass is 9.75. The summed E-state index contributed by atoms with van der Waals surface area (Å²) in [5.74, 6) is 0.719. The summed E-state index contributed by atoms with van der Waals surface area (Å²) in [5.41, 5.74) is 3.60. The van der Waals surface area contributed by atoms with Gasteiger partial charge >= 0.3 is 0 Å². The summed E-state index contributed by atoms with van der Waals surface area (Å²) in [6.45, 7) is 10.4. The Bertz CT molecular complexity index is 382. The van der Waals surface area contributed by atoms with Crippen LogP contribution < -0.4 is 5.32 Å². The molecular formula is C15H26N2S. The Morgan fingerprint density at radius 3 is 2.72 bits per heavy atom. The van der Waals surface area contributed by atoms with Gasteiger partial charge in [0.1, 0.15) is 0 Å². The van der Waals surface area contributed by atoms with Crippen LogP contribution in [0.5, 0.6) is 0 Å². The summed E-state index contributed by atoms with van der Waals surface area (Å²) in [6, 6.07) is 0.813. The van der Waals surface area contributed by atoms with Gasteiger partial charge in [0.05, 0.1) is 11.2 Å². The Morgan fingerprint density at radius 2 is 2.22 bits per heavy atom. The standard InChI is InChI=1S/C15H26N2S/c1-11(2)15(4,9-16-13-5-6-13)8-7-14-12(3)17-10-18-14/h10-11,13,16H,5-9H2,1-4H3. The van der Waals surface area contributed by atoms with E-state index in [1.807, 2.05) is 16.8 Å². The van der Waals surface area contributed by atoms with Crippen molar-refractivity contribution in [1.29, 1.82) is 0 Å². The zero-order valence-electron chi connectivity index (χ0n) is 12.1. The number of aromatic nitrogens is 1. The van der Waals surface area contributed by atoms with Gasteiger partial charge < -0.3 is 5.32 Å². The normalized spacial score (nSPS) is 19.2. The quantitative estimate of drug-likeness (QED) is 0.812. The molecule has 0 aromatic carbocycles. The lowest BCUT2D eigenvalue weighted by Crippen LogP contribution is -2.37. The third-order valence-corrected chi connectivity index (χ3v) is 5.53. The molecule has 1 aromatic heterocycles. The largest absolute Gasteiger partial charge is 0.313 e. The molecule has 1 atom stereocenters. The van der Waals surface area contributed by atoms with E-state index in [0.717, 1.165) is 18.5 Å². The molecule has 1 fully saturated rings. The van der Waals surface area contributed by atoms with Gasteiger partial charge in [-0.25, -0.2) is 4.98 Å². The van der Waals surface area contributed by atoms with E-state index in [0.29, 0.717) is 5.41 Å². The maximum atomic E-state index is 4.35. The number of rotatable bonds is 7. The summed E-state index contributed by atoms with van der Waals surface area (Å²) in [5, 5.41) is 3.71. The average Bonchev–Trinajstić information content (AvgIpc) is 3.07. The number of hydrogen-bond donors (Lipinski definition) is 1. The molecule has 0 spiro atoms. The highest BCUT2D eigenvalue weighted by atomic mass is 32.1. The topological polar surface area (TPSA) is 24.9 Å². The van der Waals surface area contributed by atoms with Gasteiger partial charge in [-0.05, 0) is 43.9 Å². The lowest BCUT2D eigenvalue weighted by molar-refractivity contribution is 0.191. The van der Waals surface area contributed by atoms with Gasteiger partial charge in [-0.3, -0.25) is 0 Å². The van der Waals surface area contributed by atoms with Crippen LogP contribution in [0, 0.1) is 18.3 Å². The van der Waals surface area contributed by atoms with Gasteiger partial charge in [-0.2, -0.15) is 0 Å². The fourth-order valence-corrected chi connectivity index (χ4v) is 2.99. The van der Waals surface area contributed by atoms with E-state index < -0.39 is 0 Å². The van der Waals surface area contributed by atoms with Crippen molar-refractivity contribution in [2.24, 2.45) is 11.3 Å². The molecule has 2 nitrogen and oxygen atoms in total. The van der Waals surface area contributed by atoms with Crippen molar-refractivity contribution in [3.63, 3.8) is 0 Å². The van der Waals surface area contributed by atoms with Crippen LogP contribution in [0.15, 0.2) is 5.51 Å². The number of nitrogens with one attached hydrogen (secondary N) is 1. The number of thiazole rings is 1. The zero-order chi connectivity index (χ0) is 13.2. The molecule has 1 aliphatic rings. The molecule has 1 aromatic rings. The fraction of sp³-hybridized carbons (Fsp3) is 0.800. The molecule has 0 amide bonds. The van der Waals surface area contributed by atoms with Gasteiger partial charge in [-0.15, -0.1) is 11.3 Å². The molecule has 0 aliphatic heterocycles. The molecule has 1 N–H and O–H groups in total. The molecule has 1 aliphatic carbocycles. The van der Waals surface area contributed by atoms with Crippen molar-refractivity contribution in [2.75, 3.05) is 6.54 Å². The van der Waals surface area contributed by atoms with E-state index >= 15 is 0 Å². The number of hydrogen-bond acceptors (Lipinski definition) is 3. The SMILES string of the molecule is Cc1ncsc1CCC(C)(CNC1CC1)C(C)C. The summed E-state index contributed by atoms with van der Waals surface area (Å²) in [6.07, 6.45) is 5.19. The van der Waals surface area contributed by atoms with Crippen LogP contribution in [0.25, 0.3) is 0 Å². The second-order valence-electron chi connectivity index (χ2n) is 6.32. The third-order valence-electron chi connectivity index (χ3n) is 4.53. The first kappa shape index (κ1) is 14.0. The van der Waals surface area contributed by atoms with E-state index in [9.17, 15) is 0 Å². The van der Waals surface area contributed by atoms with Gasteiger partial charge in [-0.1, -0.05) is 20.8 Å². The Balaban J connectivity index is 1.90. The van der Waals surface area contributed by atoms with Crippen molar-refractivity contribution < 1.29 is 0 Å². The predicted molar refractivity (Wildman–Crippen MR) is 79.1 cm³/mol. The van der Waals surface area contributed by atoms with Crippen LogP contribution in [-0.2, 0) is 6.42 Å². The minimum absolute atomic E-state index is 0.402. The van der Waals surface area contributed by atoms with Gasteiger partial charge in [0.25, 0.3) is 0 Å². The van der Waals surface area contributed by atoms with Crippen LogP contribution in [0.4, 0.5) is 0 Å². The Labute approximate surface area is 115 Å². The summed E-state index contributed by atoms with van der Waals surface area (Å²) in [4.78, 5) is 5.82. The number of aryl methyl sites for hydroxylation is 2. The van der Waals surface area contributed by atoms with Crippen LogP contribution in [0.1, 0.15) is 50.6 Å². The second-order valence-corrected chi connectivity index (χ2v) is 7.26. The van der Waals surface area contributed by atoms with E-state index in [-0.39, 0.29) is 0 Å². The van der Waals surface area contributed by atoms with Crippen LogP contribution in [0.2, 0.25) is 0 Å². The van der Waals surface area contributed by atoms with Crippen molar-refractivity contribution in [2.45, 2.75) is 59.4 Å². The van der Waals surface area contributed by atoms with Crippen molar-refractivity contribution >= 4 is 11.3 Å². The molecular weight excluding hydrogens is 240 g/mol. The molecule has 0 bridgehead atoms. The first-order chi connectivity index (χ1) is 8.51. The van der Waals surface area contributed by atoms with E-state index in [4.69, 9.17) is 0 Å². The highest BCUT2D eigenvalue weighted by Gasteiger charge is 2.31. The van der Waals surface area contributed by atoms with E-state index in [1.165, 1.54) is 36.3 Å². The van der Waals surface area contributed by atoms with Crippen LogP contribution in [-0.4, -0.2) is 17.6 Å². The first-order valence-corrected chi connectivity index (χ1v) is 8.01. The molecule has 18 heavy (non-hydrogen) atoms.